The Morgan fingerprint density at radius 3 is 2.72 bits per heavy atom. The van der Waals surface area contributed by atoms with E-state index in [1.807, 2.05) is 38.2 Å². The molecule has 0 saturated heterocycles. The van der Waals surface area contributed by atoms with Crippen LogP contribution in [0.1, 0.15) is 34.6 Å². The predicted octanol–water partition coefficient (Wildman–Crippen LogP) is 4.42. The van der Waals surface area contributed by atoms with Crippen LogP contribution in [0.25, 0.3) is 0 Å². The number of anilines is 1. The fourth-order valence-electron chi connectivity index (χ4n) is 3.81. The molecule has 3 aromatic rings. The van der Waals surface area contributed by atoms with Crippen molar-refractivity contribution >= 4 is 23.5 Å². The molecule has 32 heavy (non-hydrogen) atoms. The third kappa shape index (κ3) is 4.48. The molecule has 0 aliphatic carbocycles. The van der Waals surface area contributed by atoms with Gasteiger partial charge in [0, 0.05) is 30.7 Å². The predicted molar refractivity (Wildman–Crippen MR) is 127 cm³/mol. The standard InChI is InChI=1S/C25H25N3O3S/c1-4-13-31-20-8-6-5-7-18(20)19-14-21(29)26-23-22(19)24(30)27-25(28(23)3)32-15-17-11-9-16(2)10-12-17/h4-12,19H,1,13-15H2,2-3H3,(H,26,29)/t19-/m0/s1. The van der Waals surface area contributed by atoms with Crippen molar-refractivity contribution in [3.63, 3.8) is 0 Å². The molecule has 6 nitrogen and oxygen atoms in total. The van der Waals surface area contributed by atoms with Gasteiger partial charge in [-0.1, -0.05) is 72.4 Å². The highest BCUT2D eigenvalue weighted by Gasteiger charge is 2.33. The summed E-state index contributed by atoms with van der Waals surface area (Å²) in [4.78, 5) is 30.1. The van der Waals surface area contributed by atoms with Crippen LogP contribution in [0.5, 0.6) is 5.75 Å². The SMILES string of the molecule is C=CCOc1ccccc1[C@@H]1CC(=O)Nc2c1c(=O)nc(SCc1ccc(C)cc1)n2C. The zero-order valence-corrected chi connectivity index (χ0v) is 18.9. The molecule has 164 valence electrons. The first-order valence-corrected chi connectivity index (χ1v) is 11.4. The van der Waals surface area contributed by atoms with E-state index in [9.17, 15) is 9.59 Å². The minimum absolute atomic E-state index is 0.142. The van der Waals surface area contributed by atoms with Crippen LogP contribution in [0.2, 0.25) is 0 Å². The van der Waals surface area contributed by atoms with Crippen molar-refractivity contribution in [2.24, 2.45) is 7.05 Å². The number of para-hydroxylation sites is 1. The van der Waals surface area contributed by atoms with Crippen LogP contribution in [-0.2, 0) is 17.6 Å². The van der Waals surface area contributed by atoms with Gasteiger partial charge in [0.1, 0.15) is 18.2 Å². The topological polar surface area (TPSA) is 73.2 Å². The Morgan fingerprint density at radius 2 is 1.97 bits per heavy atom. The quantitative estimate of drug-likeness (QED) is 0.330. The number of hydrogen-bond donors (Lipinski definition) is 1. The molecule has 0 saturated carbocycles. The zero-order chi connectivity index (χ0) is 22.7. The summed E-state index contributed by atoms with van der Waals surface area (Å²) in [7, 11) is 1.82. The molecule has 0 unspecified atom stereocenters. The minimum Gasteiger partial charge on any atom is -0.489 e. The van der Waals surface area contributed by atoms with Crippen molar-refractivity contribution in [2.75, 3.05) is 11.9 Å². The number of fused-ring (bicyclic) bond motifs is 1. The average molecular weight is 448 g/mol. The monoisotopic (exact) mass is 447 g/mol. The second-order valence-corrected chi connectivity index (χ2v) is 8.68. The fourth-order valence-corrected chi connectivity index (χ4v) is 4.73. The van der Waals surface area contributed by atoms with Crippen LogP contribution in [0.4, 0.5) is 5.82 Å². The first-order chi connectivity index (χ1) is 15.5. The van der Waals surface area contributed by atoms with Crippen LogP contribution in [0, 0.1) is 6.92 Å². The molecule has 1 atom stereocenters. The van der Waals surface area contributed by atoms with Gasteiger partial charge >= 0.3 is 0 Å². The lowest BCUT2D eigenvalue weighted by molar-refractivity contribution is -0.116. The third-order valence-corrected chi connectivity index (χ3v) is 6.54. The van der Waals surface area contributed by atoms with Gasteiger partial charge in [0.05, 0.1) is 5.56 Å². The lowest BCUT2D eigenvalue weighted by Crippen LogP contribution is -2.33. The number of carbonyl (C=O) groups is 1. The number of aryl methyl sites for hydroxylation is 1. The lowest BCUT2D eigenvalue weighted by Gasteiger charge is -2.28. The van der Waals surface area contributed by atoms with E-state index in [2.05, 4.69) is 41.1 Å². The third-order valence-electron chi connectivity index (χ3n) is 5.44. The first-order valence-electron chi connectivity index (χ1n) is 10.4. The van der Waals surface area contributed by atoms with Gasteiger partial charge in [-0.25, -0.2) is 0 Å². The number of hydrogen-bond acceptors (Lipinski definition) is 5. The number of amides is 1. The zero-order valence-electron chi connectivity index (χ0n) is 18.1. The Balaban J connectivity index is 1.71. The molecular formula is C25H25N3O3S. The molecule has 4 rings (SSSR count). The molecule has 0 radical (unpaired) electrons. The van der Waals surface area contributed by atoms with Gasteiger partial charge in [0.2, 0.25) is 5.91 Å². The molecule has 2 heterocycles. The first kappa shape index (κ1) is 21.9. The Bertz CT molecular complexity index is 1220. The van der Waals surface area contributed by atoms with Crippen LogP contribution >= 0.6 is 11.8 Å². The number of nitrogens with zero attached hydrogens (tertiary/aromatic N) is 2. The fraction of sp³-hybridized carbons (Fsp3) is 0.240. The van der Waals surface area contributed by atoms with E-state index in [-0.39, 0.29) is 17.9 Å². The second kappa shape index (κ2) is 9.44. The summed E-state index contributed by atoms with van der Waals surface area (Å²) in [6.45, 7) is 6.08. The summed E-state index contributed by atoms with van der Waals surface area (Å²) in [5.74, 6) is 1.24. The van der Waals surface area contributed by atoms with Crippen LogP contribution < -0.4 is 15.6 Å². The van der Waals surface area contributed by atoms with Gasteiger partial charge < -0.3 is 14.6 Å². The molecule has 7 heteroatoms. The maximum atomic E-state index is 13.2. The van der Waals surface area contributed by atoms with Gasteiger partial charge in [0.25, 0.3) is 5.56 Å². The molecule has 1 aromatic heterocycles. The van der Waals surface area contributed by atoms with E-state index in [1.165, 1.54) is 17.3 Å². The second-order valence-electron chi connectivity index (χ2n) is 7.74. The summed E-state index contributed by atoms with van der Waals surface area (Å²) in [5, 5.41) is 3.45. The Hall–Kier alpha value is -3.32. The summed E-state index contributed by atoms with van der Waals surface area (Å²) >= 11 is 1.47. The number of rotatable bonds is 7. The molecule has 0 bridgehead atoms. The Labute approximate surface area is 191 Å². The summed E-state index contributed by atoms with van der Waals surface area (Å²) < 4.78 is 7.59. The van der Waals surface area contributed by atoms with Crippen molar-refractivity contribution in [3.8, 4) is 5.75 Å². The summed E-state index contributed by atoms with van der Waals surface area (Å²) in [6, 6.07) is 15.7. The normalized spacial score (nSPS) is 15.1. The van der Waals surface area contributed by atoms with Crippen molar-refractivity contribution in [1.82, 2.24) is 9.55 Å². The van der Waals surface area contributed by atoms with Gasteiger partial charge in [-0.3, -0.25) is 9.59 Å². The van der Waals surface area contributed by atoms with Crippen molar-refractivity contribution < 1.29 is 9.53 Å². The lowest BCUT2D eigenvalue weighted by atomic mass is 9.86. The van der Waals surface area contributed by atoms with Crippen molar-refractivity contribution in [2.45, 2.75) is 30.2 Å². The Morgan fingerprint density at radius 1 is 1.22 bits per heavy atom. The summed E-state index contributed by atoms with van der Waals surface area (Å²) in [6.07, 6.45) is 1.82. The number of ether oxygens (including phenoxy) is 1. The van der Waals surface area contributed by atoms with Gasteiger partial charge in [-0.2, -0.15) is 4.98 Å². The maximum Gasteiger partial charge on any atom is 0.279 e. The van der Waals surface area contributed by atoms with E-state index in [4.69, 9.17) is 4.74 Å². The molecule has 0 spiro atoms. The number of aromatic nitrogens is 2. The van der Waals surface area contributed by atoms with E-state index < -0.39 is 5.92 Å². The van der Waals surface area contributed by atoms with Crippen LogP contribution in [-0.4, -0.2) is 22.1 Å². The van der Waals surface area contributed by atoms with Crippen LogP contribution in [0.15, 0.2) is 71.1 Å². The highest BCUT2D eigenvalue weighted by atomic mass is 32.2. The molecule has 1 aliphatic rings. The van der Waals surface area contributed by atoms with E-state index in [0.717, 1.165) is 11.1 Å². The average Bonchev–Trinajstić information content (AvgIpc) is 2.79. The number of benzene rings is 2. The largest absolute Gasteiger partial charge is 0.489 e. The van der Waals surface area contributed by atoms with E-state index >= 15 is 0 Å². The van der Waals surface area contributed by atoms with Gasteiger partial charge in [-0.05, 0) is 18.6 Å². The number of carbonyl (C=O) groups excluding carboxylic acids is 1. The molecule has 0 fully saturated rings. The van der Waals surface area contributed by atoms with Crippen molar-refractivity contribution in [3.05, 3.63) is 93.8 Å². The Kier molecular flexibility index (Phi) is 6.46. The molecule has 2 aromatic carbocycles. The maximum absolute atomic E-state index is 13.2. The van der Waals surface area contributed by atoms with Gasteiger partial charge in [-0.15, -0.1) is 0 Å². The van der Waals surface area contributed by atoms with E-state index in [0.29, 0.717) is 34.6 Å². The minimum atomic E-state index is -0.429. The molecule has 1 amide bonds. The molecule has 1 N–H and O–H groups in total. The number of nitrogens with one attached hydrogen (secondary N) is 1. The molecular weight excluding hydrogens is 422 g/mol. The number of thioether (sulfide) groups is 1. The summed E-state index contributed by atoms with van der Waals surface area (Å²) in [5.41, 5.74) is 3.30. The van der Waals surface area contributed by atoms with Crippen molar-refractivity contribution in [1.29, 1.82) is 0 Å². The molecule has 1 aliphatic heterocycles. The highest BCUT2D eigenvalue weighted by Crippen LogP contribution is 2.39. The van der Waals surface area contributed by atoms with Gasteiger partial charge in [0.15, 0.2) is 5.16 Å². The van der Waals surface area contributed by atoms with E-state index in [1.54, 1.807) is 10.6 Å². The smallest absolute Gasteiger partial charge is 0.279 e. The highest BCUT2D eigenvalue weighted by molar-refractivity contribution is 7.98. The van der Waals surface area contributed by atoms with Crippen LogP contribution in [0.3, 0.4) is 0 Å².